The summed E-state index contributed by atoms with van der Waals surface area (Å²) >= 11 is 0. The first-order valence-electron chi connectivity index (χ1n) is 5.05. The number of nitrogens with zero attached hydrogens (tertiary/aromatic N) is 2. The number of hydrogen-bond acceptors (Lipinski definition) is 2. The van der Waals surface area contributed by atoms with Gasteiger partial charge in [0.05, 0.1) is 12.1 Å². The Bertz CT molecular complexity index is 369. The topological polar surface area (TPSA) is 47.6 Å². The smallest absolute Gasteiger partial charge is 0.136 e. The van der Waals surface area contributed by atoms with Crippen LogP contribution in [0.4, 0.5) is 0 Å². The fourth-order valence-corrected chi connectivity index (χ4v) is 1.61. The predicted molar refractivity (Wildman–Crippen MR) is 58.7 cm³/mol. The minimum Gasteiger partial charge on any atom is -0.197 e. The molecule has 1 rings (SSSR count). The summed E-state index contributed by atoms with van der Waals surface area (Å²) in [6, 6.07) is 14.1. The molecule has 0 amide bonds. The summed E-state index contributed by atoms with van der Waals surface area (Å²) in [5.41, 5.74) is 1.18. The van der Waals surface area contributed by atoms with E-state index in [1.807, 2.05) is 49.4 Å². The van der Waals surface area contributed by atoms with Crippen molar-refractivity contribution in [3.05, 3.63) is 35.9 Å². The number of hydrogen-bond donors (Lipinski definition) is 0. The van der Waals surface area contributed by atoms with E-state index in [1.165, 1.54) is 5.56 Å². The average molecular weight is 198 g/mol. The van der Waals surface area contributed by atoms with E-state index in [9.17, 15) is 0 Å². The Morgan fingerprint density at radius 1 is 1.00 bits per heavy atom. The fourth-order valence-electron chi connectivity index (χ4n) is 1.61. The van der Waals surface area contributed by atoms with Gasteiger partial charge in [-0.25, -0.2) is 0 Å². The van der Waals surface area contributed by atoms with Crippen molar-refractivity contribution in [2.75, 3.05) is 0 Å². The molecule has 0 spiro atoms. The molecule has 0 saturated carbocycles. The maximum atomic E-state index is 8.82. The van der Waals surface area contributed by atoms with E-state index in [-0.39, 0.29) is 11.8 Å². The third kappa shape index (κ3) is 2.58. The van der Waals surface area contributed by atoms with Gasteiger partial charge >= 0.3 is 0 Å². The van der Waals surface area contributed by atoms with Crippen LogP contribution in [-0.2, 0) is 0 Å². The molecule has 0 bridgehead atoms. The first-order chi connectivity index (χ1) is 7.20. The van der Waals surface area contributed by atoms with Crippen LogP contribution in [0, 0.1) is 34.5 Å². The summed E-state index contributed by atoms with van der Waals surface area (Å²) in [6.07, 6.45) is 0. The molecule has 0 aromatic heterocycles. The molecule has 0 aliphatic heterocycles. The Kier molecular flexibility index (Phi) is 3.89. The van der Waals surface area contributed by atoms with Gasteiger partial charge in [-0.15, -0.1) is 0 Å². The molecule has 2 heteroatoms. The normalized spacial score (nSPS) is 13.9. The van der Waals surface area contributed by atoms with Crippen molar-refractivity contribution < 1.29 is 0 Å². The van der Waals surface area contributed by atoms with Crippen molar-refractivity contribution in [3.8, 4) is 12.1 Å². The van der Waals surface area contributed by atoms with Gasteiger partial charge in [0.1, 0.15) is 5.92 Å². The molecule has 0 unspecified atom stereocenters. The van der Waals surface area contributed by atoms with Gasteiger partial charge in [-0.3, -0.25) is 0 Å². The summed E-state index contributed by atoms with van der Waals surface area (Å²) < 4.78 is 0. The van der Waals surface area contributed by atoms with E-state index in [0.717, 1.165) is 0 Å². The lowest BCUT2D eigenvalue weighted by Gasteiger charge is -2.20. The molecule has 0 radical (unpaired) electrons. The molecule has 76 valence electrons. The van der Waals surface area contributed by atoms with Crippen molar-refractivity contribution in [1.29, 1.82) is 10.5 Å². The van der Waals surface area contributed by atoms with E-state index < -0.39 is 5.92 Å². The zero-order valence-electron chi connectivity index (χ0n) is 9.01. The van der Waals surface area contributed by atoms with E-state index in [0.29, 0.717) is 0 Å². The Hall–Kier alpha value is -1.80. The number of benzene rings is 1. The molecular formula is C13H14N2. The van der Waals surface area contributed by atoms with Gasteiger partial charge in [-0.05, 0) is 17.4 Å². The van der Waals surface area contributed by atoms with Crippen molar-refractivity contribution in [1.82, 2.24) is 0 Å². The number of rotatable bonds is 3. The molecule has 2 nitrogen and oxygen atoms in total. The first-order valence-corrected chi connectivity index (χ1v) is 5.05. The van der Waals surface area contributed by atoms with Crippen molar-refractivity contribution in [2.24, 2.45) is 11.8 Å². The molecule has 0 saturated heterocycles. The lowest BCUT2D eigenvalue weighted by molar-refractivity contribution is 0.436. The van der Waals surface area contributed by atoms with Crippen LogP contribution in [0.25, 0.3) is 0 Å². The molecule has 0 aliphatic rings. The summed E-state index contributed by atoms with van der Waals surface area (Å²) in [5.74, 6) is -0.238. The van der Waals surface area contributed by atoms with Crippen LogP contribution >= 0.6 is 0 Å². The second-order valence-corrected chi connectivity index (χ2v) is 3.79. The maximum Gasteiger partial charge on any atom is 0.136 e. The highest BCUT2D eigenvalue weighted by molar-refractivity contribution is 5.21. The zero-order chi connectivity index (χ0) is 11.3. The fraction of sp³-hybridized carbons (Fsp3) is 0.385. The summed E-state index contributed by atoms with van der Waals surface area (Å²) in [4.78, 5) is 0. The zero-order valence-corrected chi connectivity index (χ0v) is 9.01. The largest absolute Gasteiger partial charge is 0.197 e. The van der Waals surface area contributed by atoms with Crippen LogP contribution in [0.2, 0.25) is 0 Å². The molecule has 1 aromatic carbocycles. The van der Waals surface area contributed by atoms with Crippen molar-refractivity contribution in [3.63, 3.8) is 0 Å². The summed E-state index contributed by atoms with van der Waals surface area (Å²) in [7, 11) is 0. The molecular weight excluding hydrogens is 184 g/mol. The van der Waals surface area contributed by atoms with Crippen molar-refractivity contribution in [2.45, 2.75) is 19.8 Å². The van der Waals surface area contributed by atoms with Crippen LogP contribution in [0.1, 0.15) is 25.3 Å². The highest BCUT2D eigenvalue weighted by Gasteiger charge is 2.23. The van der Waals surface area contributed by atoms with Crippen LogP contribution in [-0.4, -0.2) is 0 Å². The second kappa shape index (κ2) is 5.17. The number of nitriles is 2. The van der Waals surface area contributed by atoms with Gasteiger partial charge in [-0.1, -0.05) is 44.2 Å². The highest BCUT2D eigenvalue weighted by atomic mass is 14.4. The standard InChI is InChI=1S/C13H14N2/c1-10(11(2)13(8-14)9-15)12-6-4-3-5-7-12/h3-7,10-11,13H,1-2H3/t10-,11+/m0/s1. The van der Waals surface area contributed by atoms with Gasteiger partial charge in [0.25, 0.3) is 0 Å². The monoisotopic (exact) mass is 198 g/mol. The Morgan fingerprint density at radius 2 is 1.53 bits per heavy atom. The Labute approximate surface area is 90.8 Å². The van der Waals surface area contributed by atoms with Gasteiger partial charge in [0.2, 0.25) is 0 Å². The van der Waals surface area contributed by atoms with E-state index >= 15 is 0 Å². The molecule has 0 fully saturated rings. The lowest BCUT2D eigenvalue weighted by atomic mass is 9.81. The summed E-state index contributed by atoms with van der Waals surface area (Å²) in [6.45, 7) is 4.01. The van der Waals surface area contributed by atoms with Gasteiger partial charge < -0.3 is 0 Å². The quantitative estimate of drug-likeness (QED) is 0.749. The Balaban J connectivity index is 2.83. The van der Waals surface area contributed by atoms with E-state index in [1.54, 1.807) is 0 Å². The summed E-state index contributed by atoms with van der Waals surface area (Å²) in [5, 5.41) is 17.6. The van der Waals surface area contributed by atoms with E-state index in [4.69, 9.17) is 10.5 Å². The molecule has 0 N–H and O–H groups in total. The lowest BCUT2D eigenvalue weighted by Crippen LogP contribution is -2.14. The predicted octanol–water partition coefficient (Wildman–Crippen LogP) is 3.09. The van der Waals surface area contributed by atoms with Crippen LogP contribution < -0.4 is 0 Å². The van der Waals surface area contributed by atoms with Crippen molar-refractivity contribution >= 4 is 0 Å². The van der Waals surface area contributed by atoms with Gasteiger partial charge in [0.15, 0.2) is 0 Å². The van der Waals surface area contributed by atoms with Crippen LogP contribution in [0.5, 0.6) is 0 Å². The molecule has 2 atom stereocenters. The minimum absolute atomic E-state index is 0.0578. The second-order valence-electron chi connectivity index (χ2n) is 3.79. The molecule has 0 aliphatic carbocycles. The van der Waals surface area contributed by atoms with E-state index in [2.05, 4.69) is 6.92 Å². The highest BCUT2D eigenvalue weighted by Crippen LogP contribution is 2.28. The maximum absolute atomic E-state index is 8.82. The minimum atomic E-state index is -0.528. The molecule has 0 heterocycles. The third-order valence-electron chi connectivity index (χ3n) is 2.92. The molecule has 15 heavy (non-hydrogen) atoms. The molecule has 1 aromatic rings. The van der Waals surface area contributed by atoms with Crippen LogP contribution in [0.3, 0.4) is 0 Å². The first kappa shape index (κ1) is 11.3. The average Bonchev–Trinajstić information content (AvgIpc) is 2.30. The Morgan fingerprint density at radius 3 is 2.00 bits per heavy atom. The van der Waals surface area contributed by atoms with Crippen LogP contribution in [0.15, 0.2) is 30.3 Å². The third-order valence-corrected chi connectivity index (χ3v) is 2.92. The van der Waals surface area contributed by atoms with Gasteiger partial charge in [0, 0.05) is 0 Å². The van der Waals surface area contributed by atoms with Gasteiger partial charge in [-0.2, -0.15) is 10.5 Å². The SMILES string of the molecule is C[C@H](c1ccccc1)[C@@H](C)C(C#N)C#N.